The van der Waals surface area contributed by atoms with E-state index in [1.54, 1.807) is 6.20 Å². The summed E-state index contributed by atoms with van der Waals surface area (Å²) in [5, 5.41) is 3.49. The van der Waals surface area contributed by atoms with Crippen molar-refractivity contribution < 1.29 is 4.74 Å². The third kappa shape index (κ3) is 2.66. The highest BCUT2D eigenvalue weighted by Gasteiger charge is 2.35. The monoisotopic (exact) mass is 262 g/mol. The topological polar surface area (TPSA) is 50.3 Å². The maximum atomic E-state index is 5.58. The van der Waals surface area contributed by atoms with Crippen LogP contribution in [-0.4, -0.2) is 42.3 Å². The second-order valence-corrected chi connectivity index (χ2v) is 5.39. The Kier molecular flexibility index (Phi) is 3.82. The predicted octanol–water partition coefficient (Wildman–Crippen LogP) is 1.45. The Hall–Kier alpha value is -1.36. The Morgan fingerprint density at radius 3 is 3.26 bits per heavy atom. The Balaban J connectivity index is 1.76. The fourth-order valence-corrected chi connectivity index (χ4v) is 3.11. The molecule has 1 aromatic rings. The number of nitrogens with zero attached hydrogens (tertiary/aromatic N) is 3. The molecular formula is C14H22N4O. The molecule has 2 fully saturated rings. The van der Waals surface area contributed by atoms with Crippen molar-refractivity contribution in [3.63, 3.8) is 0 Å². The molecule has 1 N–H and O–H groups in total. The van der Waals surface area contributed by atoms with Gasteiger partial charge < -0.3 is 15.0 Å². The molecule has 0 aliphatic carbocycles. The number of fused-ring (bicyclic) bond motifs is 1. The lowest BCUT2D eigenvalue weighted by atomic mass is 9.92. The van der Waals surface area contributed by atoms with Crippen molar-refractivity contribution in [1.82, 2.24) is 15.3 Å². The molecule has 2 atom stereocenters. The molecule has 1 aromatic heterocycles. The largest absolute Gasteiger partial charge is 0.477 e. The lowest BCUT2D eigenvalue weighted by Gasteiger charge is -2.37. The highest BCUT2D eigenvalue weighted by Crippen LogP contribution is 2.30. The van der Waals surface area contributed by atoms with Crippen LogP contribution in [0.5, 0.6) is 5.88 Å². The SMILES string of the molecule is CCCOc1cncc(N2CCCC3CNCC32)n1. The zero-order chi connectivity index (χ0) is 13.1. The first-order valence-corrected chi connectivity index (χ1v) is 7.30. The molecule has 0 saturated carbocycles. The predicted molar refractivity (Wildman–Crippen MR) is 74.5 cm³/mol. The van der Waals surface area contributed by atoms with Crippen molar-refractivity contribution in [2.45, 2.75) is 32.2 Å². The van der Waals surface area contributed by atoms with Gasteiger partial charge in [0.2, 0.25) is 5.88 Å². The molecule has 2 aliphatic rings. The molecule has 3 rings (SSSR count). The third-order valence-corrected chi connectivity index (χ3v) is 4.03. The van der Waals surface area contributed by atoms with Crippen molar-refractivity contribution in [1.29, 1.82) is 0 Å². The van der Waals surface area contributed by atoms with Gasteiger partial charge in [-0.05, 0) is 25.2 Å². The molecule has 5 heteroatoms. The van der Waals surface area contributed by atoms with Crippen molar-refractivity contribution in [2.75, 3.05) is 31.1 Å². The quantitative estimate of drug-likeness (QED) is 0.890. The molecule has 0 bridgehead atoms. The summed E-state index contributed by atoms with van der Waals surface area (Å²) in [6, 6.07) is 0.574. The number of piperidine rings is 1. The van der Waals surface area contributed by atoms with E-state index in [4.69, 9.17) is 4.74 Å². The first-order valence-electron chi connectivity index (χ1n) is 7.30. The van der Waals surface area contributed by atoms with Gasteiger partial charge in [0.15, 0.2) is 5.82 Å². The van der Waals surface area contributed by atoms with Gasteiger partial charge in [-0.2, -0.15) is 4.98 Å². The van der Waals surface area contributed by atoms with Crippen molar-refractivity contribution in [3.8, 4) is 5.88 Å². The van der Waals surface area contributed by atoms with Gasteiger partial charge in [-0.25, -0.2) is 0 Å². The molecule has 2 unspecified atom stereocenters. The number of ether oxygens (including phenoxy) is 1. The molecule has 19 heavy (non-hydrogen) atoms. The van der Waals surface area contributed by atoms with E-state index in [1.807, 2.05) is 6.20 Å². The van der Waals surface area contributed by atoms with Crippen LogP contribution >= 0.6 is 0 Å². The number of nitrogens with one attached hydrogen (secondary N) is 1. The Labute approximate surface area is 114 Å². The van der Waals surface area contributed by atoms with Gasteiger partial charge in [-0.1, -0.05) is 6.92 Å². The van der Waals surface area contributed by atoms with Crippen molar-refractivity contribution in [3.05, 3.63) is 12.4 Å². The molecule has 104 valence electrons. The summed E-state index contributed by atoms with van der Waals surface area (Å²) in [5.74, 6) is 2.37. The second kappa shape index (κ2) is 5.74. The zero-order valence-electron chi connectivity index (χ0n) is 11.5. The smallest absolute Gasteiger partial charge is 0.234 e. The van der Waals surface area contributed by atoms with Crippen LogP contribution in [0, 0.1) is 5.92 Å². The van der Waals surface area contributed by atoms with Gasteiger partial charge in [0.25, 0.3) is 0 Å². The average molecular weight is 262 g/mol. The summed E-state index contributed by atoms with van der Waals surface area (Å²) in [4.78, 5) is 11.3. The lowest BCUT2D eigenvalue weighted by Crippen LogP contribution is -2.45. The first-order chi connectivity index (χ1) is 9.38. The zero-order valence-corrected chi connectivity index (χ0v) is 11.5. The fourth-order valence-electron chi connectivity index (χ4n) is 3.11. The number of hydrogen-bond donors (Lipinski definition) is 1. The Morgan fingerprint density at radius 2 is 2.37 bits per heavy atom. The highest BCUT2D eigenvalue weighted by molar-refractivity contribution is 5.40. The minimum atomic E-state index is 0.574. The molecular weight excluding hydrogens is 240 g/mol. The van der Waals surface area contributed by atoms with Gasteiger partial charge in [-0.3, -0.25) is 4.98 Å². The molecule has 0 spiro atoms. The van der Waals surface area contributed by atoms with Crippen molar-refractivity contribution in [2.24, 2.45) is 5.92 Å². The normalized spacial score (nSPS) is 26.3. The molecule has 2 saturated heterocycles. The average Bonchev–Trinajstić information content (AvgIpc) is 2.93. The highest BCUT2D eigenvalue weighted by atomic mass is 16.5. The standard InChI is InChI=1S/C14H22N4O/c1-2-6-19-14-10-16-9-13(17-14)18-5-3-4-11-7-15-8-12(11)18/h9-12,15H,2-8H2,1H3. The van der Waals surface area contributed by atoms with E-state index in [9.17, 15) is 0 Å². The number of hydrogen-bond acceptors (Lipinski definition) is 5. The van der Waals surface area contributed by atoms with Gasteiger partial charge in [0.1, 0.15) is 0 Å². The van der Waals surface area contributed by atoms with E-state index in [0.29, 0.717) is 18.5 Å². The minimum Gasteiger partial charge on any atom is -0.477 e. The van der Waals surface area contributed by atoms with E-state index in [1.165, 1.54) is 12.8 Å². The van der Waals surface area contributed by atoms with Crippen LogP contribution in [-0.2, 0) is 0 Å². The van der Waals surface area contributed by atoms with Crippen LogP contribution in [0.15, 0.2) is 12.4 Å². The van der Waals surface area contributed by atoms with Gasteiger partial charge in [-0.15, -0.1) is 0 Å². The number of anilines is 1. The summed E-state index contributed by atoms with van der Waals surface area (Å²) < 4.78 is 5.58. The van der Waals surface area contributed by atoms with Crippen LogP contribution in [0.25, 0.3) is 0 Å². The second-order valence-electron chi connectivity index (χ2n) is 5.39. The fraction of sp³-hybridized carbons (Fsp3) is 0.714. The van der Waals surface area contributed by atoms with E-state index >= 15 is 0 Å². The summed E-state index contributed by atoms with van der Waals surface area (Å²) in [5.41, 5.74) is 0. The first kappa shape index (κ1) is 12.7. The Morgan fingerprint density at radius 1 is 1.42 bits per heavy atom. The van der Waals surface area contributed by atoms with Crippen LogP contribution in [0.4, 0.5) is 5.82 Å². The van der Waals surface area contributed by atoms with Gasteiger partial charge >= 0.3 is 0 Å². The molecule has 3 heterocycles. The van der Waals surface area contributed by atoms with Crippen LogP contribution in [0.3, 0.4) is 0 Å². The van der Waals surface area contributed by atoms with E-state index in [-0.39, 0.29) is 0 Å². The molecule has 0 amide bonds. The van der Waals surface area contributed by atoms with Crippen LogP contribution in [0.2, 0.25) is 0 Å². The molecule has 0 aromatic carbocycles. The lowest BCUT2D eigenvalue weighted by molar-refractivity contribution is 0.303. The summed E-state index contributed by atoms with van der Waals surface area (Å²) >= 11 is 0. The van der Waals surface area contributed by atoms with E-state index in [0.717, 1.165) is 37.8 Å². The maximum absolute atomic E-state index is 5.58. The number of aromatic nitrogens is 2. The molecule has 5 nitrogen and oxygen atoms in total. The summed E-state index contributed by atoms with van der Waals surface area (Å²) in [6.07, 6.45) is 7.12. The van der Waals surface area contributed by atoms with Gasteiger partial charge in [0, 0.05) is 25.7 Å². The summed E-state index contributed by atoms with van der Waals surface area (Å²) in [6.45, 7) is 6.07. The molecule has 2 aliphatic heterocycles. The van der Waals surface area contributed by atoms with Crippen molar-refractivity contribution >= 4 is 5.82 Å². The number of rotatable bonds is 4. The van der Waals surface area contributed by atoms with E-state index < -0.39 is 0 Å². The third-order valence-electron chi connectivity index (χ3n) is 4.03. The van der Waals surface area contributed by atoms with Gasteiger partial charge in [0.05, 0.1) is 19.0 Å². The maximum Gasteiger partial charge on any atom is 0.234 e. The van der Waals surface area contributed by atoms with Crippen LogP contribution < -0.4 is 15.0 Å². The summed E-state index contributed by atoms with van der Waals surface area (Å²) in [7, 11) is 0. The Bertz CT molecular complexity index is 426. The molecule has 0 radical (unpaired) electrons. The van der Waals surface area contributed by atoms with E-state index in [2.05, 4.69) is 27.1 Å². The minimum absolute atomic E-state index is 0.574. The van der Waals surface area contributed by atoms with Crippen LogP contribution in [0.1, 0.15) is 26.2 Å².